The molecule has 0 atom stereocenters. The summed E-state index contributed by atoms with van der Waals surface area (Å²) in [5.41, 5.74) is 23.6. The predicted molar refractivity (Wildman–Crippen MR) is 203 cm³/mol. The van der Waals surface area contributed by atoms with Crippen molar-refractivity contribution in [1.29, 1.82) is 0 Å². The van der Waals surface area contributed by atoms with E-state index in [2.05, 4.69) is 170 Å². The van der Waals surface area contributed by atoms with Crippen molar-refractivity contribution in [2.24, 2.45) is 0 Å². The van der Waals surface area contributed by atoms with Gasteiger partial charge in [-0.05, 0) is 122 Å². The molecule has 0 aromatic heterocycles. The monoisotopic (exact) mass is 606 g/mol. The summed E-state index contributed by atoms with van der Waals surface area (Å²) >= 11 is 0. The van der Waals surface area contributed by atoms with E-state index in [4.69, 9.17) is 0 Å². The first kappa shape index (κ1) is 33.5. The van der Waals surface area contributed by atoms with Crippen LogP contribution in [0, 0.1) is 55.4 Å². The van der Waals surface area contributed by atoms with E-state index >= 15 is 0 Å². The average molecular weight is 607 g/mol. The van der Waals surface area contributed by atoms with Gasteiger partial charge in [0.05, 0.1) is 0 Å². The number of rotatable bonds is 4. The molecule has 0 heterocycles. The van der Waals surface area contributed by atoms with Crippen molar-refractivity contribution in [3.8, 4) is 44.5 Å². The van der Waals surface area contributed by atoms with Crippen molar-refractivity contribution in [1.82, 2.24) is 0 Å². The Bertz CT molecular complexity index is 1610. The predicted octanol–water partition coefficient (Wildman–Crippen LogP) is 13.4. The molecule has 238 valence electrons. The van der Waals surface area contributed by atoms with Gasteiger partial charge in [0.2, 0.25) is 0 Å². The lowest BCUT2D eigenvalue weighted by atomic mass is 9.66. The van der Waals surface area contributed by atoms with E-state index in [-0.39, 0.29) is 10.8 Å². The van der Waals surface area contributed by atoms with Crippen LogP contribution in [0.3, 0.4) is 0 Å². The fourth-order valence-electron chi connectivity index (χ4n) is 7.88. The van der Waals surface area contributed by atoms with Gasteiger partial charge in [0.1, 0.15) is 0 Å². The molecule has 0 aliphatic rings. The van der Waals surface area contributed by atoms with Crippen LogP contribution >= 0.6 is 0 Å². The zero-order chi connectivity index (χ0) is 33.9. The van der Waals surface area contributed by atoms with E-state index in [1.165, 1.54) is 100 Å². The molecule has 0 saturated carbocycles. The van der Waals surface area contributed by atoms with Crippen LogP contribution in [-0.4, -0.2) is 0 Å². The van der Waals surface area contributed by atoms with E-state index in [0.717, 1.165) is 0 Å². The second kappa shape index (κ2) is 12.0. The van der Waals surface area contributed by atoms with Crippen molar-refractivity contribution in [3.63, 3.8) is 0 Å². The molecule has 0 spiro atoms. The zero-order valence-corrected chi connectivity index (χ0v) is 30.9. The third-order valence-corrected chi connectivity index (χ3v) is 9.04. The van der Waals surface area contributed by atoms with E-state index in [1.54, 1.807) is 0 Å². The smallest absolute Gasteiger partial charge is 0.00581 e. The Morgan fingerprint density at radius 2 is 0.413 bits per heavy atom. The summed E-state index contributed by atoms with van der Waals surface area (Å²) < 4.78 is 0. The zero-order valence-electron chi connectivity index (χ0n) is 30.9. The Balaban J connectivity index is 2.25. The minimum atomic E-state index is -0.155. The first-order valence-corrected chi connectivity index (χ1v) is 16.9. The molecule has 5 aromatic carbocycles. The van der Waals surface area contributed by atoms with Crippen molar-refractivity contribution in [2.75, 3.05) is 0 Å². The molecule has 0 aliphatic carbocycles. The van der Waals surface area contributed by atoms with Crippen LogP contribution in [0.4, 0.5) is 0 Å². The second-order valence-electron chi connectivity index (χ2n) is 16.3. The molecule has 0 amide bonds. The van der Waals surface area contributed by atoms with Gasteiger partial charge in [-0.2, -0.15) is 0 Å². The molecule has 5 rings (SSSR count). The van der Waals surface area contributed by atoms with E-state index < -0.39 is 0 Å². The molecule has 0 radical (unpaired) electrons. The van der Waals surface area contributed by atoms with Crippen LogP contribution in [0.1, 0.15) is 97.2 Å². The van der Waals surface area contributed by atoms with Crippen LogP contribution in [-0.2, 0) is 10.8 Å². The summed E-state index contributed by atoms with van der Waals surface area (Å²) in [6, 6.07) is 28.5. The van der Waals surface area contributed by atoms with Gasteiger partial charge in [0.15, 0.2) is 0 Å². The van der Waals surface area contributed by atoms with E-state index in [1.807, 2.05) is 0 Å². The quantitative estimate of drug-likeness (QED) is 0.191. The Morgan fingerprint density at radius 3 is 0.543 bits per heavy atom. The molecular weight excluding hydrogens is 553 g/mol. The molecule has 0 saturated heterocycles. The van der Waals surface area contributed by atoms with Crippen molar-refractivity contribution in [3.05, 3.63) is 128 Å². The number of hydrogen-bond donors (Lipinski definition) is 0. The van der Waals surface area contributed by atoms with Gasteiger partial charge in [-0.3, -0.25) is 0 Å². The van der Waals surface area contributed by atoms with E-state index in [0.29, 0.717) is 0 Å². The van der Waals surface area contributed by atoms with E-state index in [9.17, 15) is 0 Å². The summed E-state index contributed by atoms with van der Waals surface area (Å²) in [6.07, 6.45) is 0. The Morgan fingerprint density at radius 1 is 0.261 bits per heavy atom. The molecule has 0 bridgehead atoms. The molecule has 0 nitrogen and oxygen atoms in total. The topological polar surface area (TPSA) is 0 Å². The lowest BCUT2D eigenvalue weighted by Crippen LogP contribution is -2.22. The third kappa shape index (κ3) is 6.64. The highest BCUT2D eigenvalue weighted by atomic mass is 14.4. The van der Waals surface area contributed by atoms with Crippen molar-refractivity contribution < 1.29 is 0 Å². The number of hydrogen-bond acceptors (Lipinski definition) is 0. The number of aryl methyl sites for hydroxylation is 8. The summed E-state index contributed by atoms with van der Waals surface area (Å²) in [6.45, 7) is 32.4. The maximum atomic E-state index is 2.41. The molecule has 0 heteroatoms. The van der Waals surface area contributed by atoms with Gasteiger partial charge in [0.25, 0.3) is 0 Å². The molecule has 5 aromatic rings. The molecule has 0 N–H and O–H groups in total. The highest BCUT2D eigenvalue weighted by molar-refractivity contribution is 6.03. The minimum Gasteiger partial charge on any atom is -0.0563 e. The lowest BCUT2D eigenvalue weighted by Gasteiger charge is -2.38. The SMILES string of the molecule is Cc1cc(C)cc(-c2c(-c3cc(C)cc(C)c3)c(C(C)(C)C)c(-c3cc(C)cc(C)c3)c(-c3cc(C)cc(C)c3)c2C(C)(C)C)c1. The summed E-state index contributed by atoms with van der Waals surface area (Å²) in [5.74, 6) is 0. The normalized spacial score (nSPS) is 12.1. The second-order valence-corrected chi connectivity index (χ2v) is 16.3. The maximum Gasteiger partial charge on any atom is -0.00581 e. The van der Waals surface area contributed by atoms with Crippen molar-refractivity contribution in [2.45, 2.75) is 108 Å². The van der Waals surface area contributed by atoms with Gasteiger partial charge < -0.3 is 0 Å². The first-order chi connectivity index (χ1) is 21.3. The minimum absolute atomic E-state index is 0.155. The van der Waals surface area contributed by atoms with Crippen LogP contribution in [0.2, 0.25) is 0 Å². The summed E-state index contributed by atoms with van der Waals surface area (Å²) in [5, 5.41) is 0. The standard InChI is InChI=1S/C46H54/c1-27-15-28(2)20-35(19-27)39-40(36-21-29(3)16-30(4)22-36)44(46(12,13)14)42(38-25-33(7)18-34(8)26-38)41(43(39)45(9,10)11)37-23-31(5)17-32(6)24-37/h15-26H,1-14H3. The van der Waals surface area contributed by atoms with Gasteiger partial charge in [-0.1, -0.05) is 159 Å². The van der Waals surface area contributed by atoms with Crippen LogP contribution in [0.25, 0.3) is 44.5 Å². The van der Waals surface area contributed by atoms with Crippen molar-refractivity contribution >= 4 is 0 Å². The third-order valence-electron chi connectivity index (χ3n) is 9.04. The molecule has 0 aliphatic heterocycles. The highest BCUT2D eigenvalue weighted by Gasteiger charge is 2.36. The van der Waals surface area contributed by atoms with Gasteiger partial charge in [0, 0.05) is 0 Å². The summed E-state index contributed by atoms with van der Waals surface area (Å²) in [7, 11) is 0. The largest absolute Gasteiger partial charge is 0.0563 e. The number of benzene rings is 5. The molecule has 0 fully saturated rings. The lowest BCUT2D eigenvalue weighted by molar-refractivity contribution is 0.582. The van der Waals surface area contributed by atoms with Gasteiger partial charge >= 0.3 is 0 Å². The highest BCUT2D eigenvalue weighted by Crippen LogP contribution is 2.55. The van der Waals surface area contributed by atoms with Gasteiger partial charge in [-0.15, -0.1) is 0 Å². The van der Waals surface area contributed by atoms with Crippen LogP contribution in [0.5, 0.6) is 0 Å². The Kier molecular flexibility index (Phi) is 8.76. The molecule has 46 heavy (non-hydrogen) atoms. The van der Waals surface area contributed by atoms with Crippen LogP contribution in [0.15, 0.2) is 72.8 Å². The summed E-state index contributed by atoms with van der Waals surface area (Å²) in [4.78, 5) is 0. The Hall–Kier alpha value is -3.90. The Labute approximate surface area is 279 Å². The maximum absolute atomic E-state index is 2.41. The van der Waals surface area contributed by atoms with Gasteiger partial charge in [-0.25, -0.2) is 0 Å². The first-order valence-electron chi connectivity index (χ1n) is 16.9. The fourth-order valence-corrected chi connectivity index (χ4v) is 7.88. The molecular formula is C46H54. The average Bonchev–Trinajstić information content (AvgIpc) is 2.88. The van der Waals surface area contributed by atoms with Crippen LogP contribution < -0.4 is 0 Å². The fraction of sp³-hybridized carbons (Fsp3) is 0.348. The molecule has 0 unspecified atom stereocenters.